The van der Waals surface area contributed by atoms with Gasteiger partial charge in [0.1, 0.15) is 11.6 Å². The maximum absolute atomic E-state index is 5.58. The van der Waals surface area contributed by atoms with Gasteiger partial charge in [-0.15, -0.1) is 10.2 Å². The van der Waals surface area contributed by atoms with E-state index < -0.39 is 0 Å². The molecule has 1 fully saturated rings. The summed E-state index contributed by atoms with van der Waals surface area (Å²) in [6.07, 6.45) is 2.42. The summed E-state index contributed by atoms with van der Waals surface area (Å²) in [5, 5.41) is 12.6. The van der Waals surface area contributed by atoms with Crippen molar-refractivity contribution in [1.82, 2.24) is 29.9 Å². The van der Waals surface area contributed by atoms with Crippen LogP contribution in [-0.2, 0) is 6.54 Å². The Labute approximate surface area is 130 Å². The summed E-state index contributed by atoms with van der Waals surface area (Å²) in [6, 6.07) is 0.169. The first-order valence-corrected chi connectivity index (χ1v) is 7.95. The van der Waals surface area contributed by atoms with Crippen LogP contribution in [0.3, 0.4) is 0 Å². The fraction of sp³-hybridized carbons (Fsp3) is 0.733. The second-order valence-corrected chi connectivity index (χ2v) is 6.23. The van der Waals surface area contributed by atoms with Crippen molar-refractivity contribution in [3.63, 3.8) is 0 Å². The summed E-state index contributed by atoms with van der Waals surface area (Å²) in [7, 11) is 0. The molecule has 120 valence electrons. The van der Waals surface area contributed by atoms with Gasteiger partial charge in [-0.25, -0.2) is 9.67 Å². The van der Waals surface area contributed by atoms with E-state index in [2.05, 4.69) is 32.1 Å². The minimum absolute atomic E-state index is 0.169. The van der Waals surface area contributed by atoms with E-state index in [0.717, 1.165) is 31.3 Å². The van der Waals surface area contributed by atoms with E-state index in [1.807, 2.05) is 25.5 Å². The second kappa shape index (κ2) is 6.16. The molecule has 0 spiro atoms. The molecule has 2 atom stereocenters. The highest BCUT2D eigenvalue weighted by Gasteiger charge is 2.27. The Kier molecular flexibility index (Phi) is 4.24. The Bertz CT molecular complexity index is 634. The molecule has 3 rings (SSSR count). The van der Waals surface area contributed by atoms with Gasteiger partial charge in [-0.3, -0.25) is 4.90 Å². The van der Waals surface area contributed by atoms with E-state index in [1.54, 1.807) is 0 Å². The minimum atomic E-state index is 0.169. The largest absolute Gasteiger partial charge is 0.424 e. The average Bonchev–Trinajstić information content (AvgIpc) is 3.05. The summed E-state index contributed by atoms with van der Waals surface area (Å²) in [5.74, 6) is 3.77. The van der Waals surface area contributed by atoms with Crippen molar-refractivity contribution in [3.8, 4) is 0 Å². The predicted octanol–water partition coefficient (Wildman–Crippen LogP) is 2.06. The van der Waals surface area contributed by atoms with Gasteiger partial charge in [-0.05, 0) is 46.1 Å². The van der Waals surface area contributed by atoms with Gasteiger partial charge in [-0.2, -0.15) is 5.10 Å². The van der Waals surface area contributed by atoms with Gasteiger partial charge in [-0.1, -0.05) is 0 Å². The topological polar surface area (TPSA) is 72.9 Å². The first-order valence-electron chi connectivity index (χ1n) is 7.95. The molecule has 0 aliphatic carbocycles. The van der Waals surface area contributed by atoms with Crippen LogP contribution in [0.1, 0.15) is 49.2 Å². The number of hydrogen-bond acceptors (Lipinski definition) is 6. The molecule has 1 aliphatic rings. The van der Waals surface area contributed by atoms with E-state index in [4.69, 9.17) is 4.42 Å². The Hall–Kier alpha value is -1.76. The Morgan fingerprint density at radius 2 is 2.09 bits per heavy atom. The second-order valence-electron chi connectivity index (χ2n) is 6.23. The summed E-state index contributed by atoms with van der Waals surface area (Å²) >= 11 is 0. The quantitative estimate of drug-likeness (QED) is 0.861. The molecule has 2 aromatic rings. The molecule has 3 heterocycles. The van der Waals surface area contributed by atoms with E-state index >= 15 is 0 Å². The molecule has 1 saturated heterocycles. The first kappa shape index (κ1) is 15.1. The van der Waals surface area contributed by atoms with Crippen LogP contribution >= 0.6 is 0 Å². The van der Waals surface area contributed by atoms with Crippen molar-refractivity contribution in [1.29, 1.82) is 0 Å². The molecular formula is C15H24N6O. The lowest BCUT2D eigenvalue weighted by molar-refractivity contribution is 0.106. The third kappa shape index (κ3) is 3.19. The third-order valence-corrected chi connectivity index (χ3v) is 4.39. The fourth-order valence-electron chi connectivity index (χ4n) is 3.21. The smallest absolute Gasteiger partial charge is 0.233 e. The summed E-state index contributed by atoms with van der Waals surface area (Å²) < 4.78 is 7.62. The molecule has 0 saturated carbocycles. The Morgan fingerprint density at radius 3 is 2.73 bits per heavy atom. The predicted molar refractivity (Wildman–Crippen MR) is 81.2 cm³/mol. The van der Waals surface area contributed by atoms with Gasteiger partial charge in [0.05, 0.1) is 6.04 Å². The van der Waals surface area contributed by atoms with Crippen LogP contribution in [0.5, 0.6) is 0 Å². The van der Waals surface area contributed by atoms with Crippen molar-refractivity contribution in [3.05, 3.63) is 23.4 Å². The highest BCUT2D eigenvalue weighted by Crippen LogP contribution is 2.26. The molecule has 2 aromatic heterocycles. The number of hydrogen-bond donors (Lipinski definition) is 0. The summed E-state index contributed by atoms with van der Waals surface area (Å²) in [5.41, 5.74) is 0. The van der Waals surface area contributed by atoms with Crippen LogP contribution in [0.2, 0.25) is 0 Å². The fourth-order valence-corrected chi connectivity index (χ4v) is 3.21. The number of likely N-dealkylation sites (tertiary alicyclic amines) is 1. The molecule has 7 nitrogen and oxygen atoms in total. The Balaban J connectivity index is 1.65. The molecule has 1 aliphatic heterocycles. The van der Waals surface area contributed by atoms with E-state index in [-0.39, 0.29) is 6.04 Å². The van der Waals surface area contributed by atoms with Crippen molar-refractivity contribution >= 4 is 0 Å². The number of nitrogens with zero attached hydrogens (tertiary/aromatic N) is 6. The number of rotatable bonds is 4. The van der Waals surface area contributed by atoms with Crippen molar-refractivity contribution in [2.24, 2.45) is 5.92 Å². The average molecular weight is 304 g/mol. The lowest BCUT2D eigenvalue weighted by Gasteiger charge is -2.35. The maximum atomic E-state index is 5.58. The Morgan fingerprint density at radius 1 is 1.27 bits per heavy atom. The highest BCUT2D eigenvalue weighted by molar-refractivity contribution is 4.92. The van der Waals surface area contributed by atoms with Crippen LogP contribution in [-0.4, -0.2) is 43.0 Å². The molecule has 0 unspecified atom stereocenters. The zero-order chi connectivity index (χ0) is 15.7. The van der Waals surface area contributed by atoms with Crippen molar-refractivity contribution in [2.45, 2.75) is 53.1 Å². The number of aryl methyl sites for hydroxylation is 3. The standard InChI is InChI=1S/C15H24N6O/c1-10(15-18-17-13(4)22-15)20-7-5-6-14(8-20)9-21-12(3)16-11(2)19-21/h10,14H,5-9H2,1-4H3/t10-,14-/m0/s1. The maximum Gasteiger partial charge on any atom is 0.233 e. The summed E-state index contributed by atoms with van der Waals surface area (Å²) in [4.78, 5) is 6.82. The zero-order valence-electron chi connectivity index (χ0n) is 13.8. The van der Waals surface area contributed by atoms with Gasteiger partial charge < -0.3 is 4.42 Å². The van der Waals surface area contributed by atoms with Gasteiger partial charge in [0.15, 0.2) is 0 Å². The SMILES string of the molecule is Cc1nc(C)n(C[C@H]2CCCN([C@@H](C)c3nnc(C)o3)C2)n1. The molecule has 0 aromatic carbocycles. The number of piperidine rings is 1. The molecule has 0 radical (unpaired) electrons. The van der Waals surface area contributed by atoms with Crippen LogP contribution in [0.4, 0.5) is 0 Å². The van der Waals surface area contributed by atoms with E-state index in [9.17, 15) is 0 Å². The molecular weight excluding hydrogens is 280 g/mol. The molecule has 0 N–H and O–H groups in total. The van der Waals surface area contributed by atoms with Crippen LogP contribution < -0.4 is 0 Å². The minimum Gasteiger partial charge on any atom is -0.424 e. The zero-order valence-corrected chi connectivity index (χ0v) is 13.8. The van der Waals surface area contributed by atoms with E-state index in [0.29, 0.717) is 17.7 Å². The van der Waals surface area contributed by atoms with Crippen LogP contribution in [0.25, 0.3) is 0 Å². The lowest BCUT2D eigenvalue weighted by atomic mass is 9.97. The molecule has 7 heteroatoms. The molecule has 0 bridgehead atoms. The highest BCUT2D eigenvalue weighted by atomic mass is 16.4. The third-order valence-electron chi connectivity index (χ3n) is 4.39. The molecule has 0 amide bonds. The van der Waals surface area contributed by atoms with Crippen molar-refractivity contribution in [2.75, 3.05) is 13.1 Å². The molecule has 22 heavy (non-hydrogen) atoms. The van der Waals surface area contributed by atoms with Gasteiger partial charge in [0, 0.05) is 20.0 Å². The first-order chi connectivity index (χ1) is 10.5. The van der Waals surface area contributed by atoms with Crippen LogP contribution in [0.15, 0.2) is 4.42 Å². The lowest BCUT2D eigenvalue weighted by Crippen LogP contribution is -2.39. The number of aromatic nitrogens is 5. The van der Waals surface area contributed by atoms with Crippen molar-refractivity contribution < 1.29 is 4.42 Å². The van der Waals surface area contributed by atoms with Gasteiger partial charge in [0.2, 0.25) is 11.8 Å². The monoisotopic (exact) mass is 304 g/mol. The van der Waals surface area contributed by atoms with Gasteiger partial charge in [0.25, 0.3) is 0 Å². The summed E-state index contributed by atoms with van der Waals surface area (Å²) in [6.45, 7) is 11.0. The van der Waals surface area contributed by atoms with E-state index in [1.165, 1.54) is 12.8 Å². The van der Waals surface area contributed by atoms with Gasteiger partial charge >= 0.3 is 0 Å². The van der Waals surface area contributed by atoms with Crippen LogP contribution in [0, 0.1) is 26.7 Å². The normalized spacial score (nSPS) is 21.2.